The highest BCUT2D eigenvalue weighted by Gasteiger charge is 2.24. The summed E-state index contributed by atoms with van der Waals surface area (Å²) < 4.78 is 0. The van der Waals surface area contributed by atoms with E-state index < -0.39 is 0 Å². The summed E-state index contributed by atoms with van der Waals surface area (Å²) in [5, 5.41) is 4.14. The third-order valence-electron chi connectivity index (χ3n) is 3.84. The molecule has 2 atom stereocenters. The first-order valence-electron chi connectivity index (χ1n) is 6.24. The molecular formula is C12H22ClN. The molecule has 82 valence electrons. The Morgan fingerprint density at radius 2 is 1.57 bits per heavy atom. The van der Waals surface area contributed by atoms with Gasteiger partial charge in [0, 0.05) is 11.4 Å². The standard InChI is InChI=1S/C12H22ClN/c13-12-8-4-1-5-10(12)9-14-11-6-2-3-7-11/h10-12,14H,1-9H2. The van der Waals surface area contributed by atoms with E-state index in [0.717, 1.165) is 12.0 Å². The smallest absolute Gasteiger partial charge is 0.0376 e. The summed E-state index contributed by atoms with van der Waals surface area (Å²) in [5.41, 5.74) is 0. The Balaban J connectivity index is 1.67. The Morgan fingerprint density at radius 1 is 0.929 bits per heavy atom. The second-order valence-electron chi connectivity index (χ2n) is 4.95. The SMILES string of the molecule is ClC1CCCCC1CNC1CCCC1. The predicted molar refractivity (Wildman–Crippen MR) is 61.9 cm³/mol. The molecule has 0 amide bonds. The van der Waals surface area contributed by atoms with Gasteiger partial charge in [-0.1, -0.05) is 25.7 Å². The highest BCUT2D eigenvalue weighted by molar-refractivity contribution is 6.20. The van der Waals surface area contributed by atoms with Gasteiger partial charge < -0.3 is 5.32 Å². The summed E-state index contributed by atoms with van der Waals surface area (Å²) >= 11 is 6.33. The van der Waals surface area contributed by atoms with Gasteiger partial charge in [0.05, 0.1) is 0 Å². The molecule has 2 aliphatic carbocycles. The van der Waals surface area contributed by atoms with E-state index >= 15 is 0 Å². The monoisotopic (exact) mass is 215 g/mol. The quantitative estimate of drug-likeness (QED) is 0.713. The lowest BCUT2D eigenvalue weighted by Gasteiger charge is -2.28. The molecular weight excluding hydrogens is 194 g/mol. The van der Waals surface area contributed by atoms with Crippen LogP contribution in [0.15, 0.2) is 0 Å². The maximum Gasteiger partial charge on any atom is 0.0376 e. The van der Waals surface area contributed by atoms with E-state index in [1.165, 1.54) is 57.9 Å². The van der Waals surface area contributed by atoms with Crippen LogP contribution >= 0.6 is 11.6 Å². The third-order valence-corrected chi connectivity index (χ3v) is 4.41. The van der Waals surface area contributed by atoms with Crippen molar-refractivity contribution in [1.82, 2.24) is 5.32 Å². The van der Waals surface area contributed by atoms with Gasteiger partial charge in [0.25, 0.3) is 0 Å². The molecule has 0 heterocycles. The molecule has 0 aromatic carbocycles. The molecule has 0 aliphatic heterocycles. The normalized spacial score (nSPS) is 34.9. The van der Waals surface area contributed by atoms with Gasteiger partial charge in [0.15, 0.2) is 0 Å². The molecule has 0 aromatic heterocycles. The molecule has 0 saturated heterocycles. The van der Waals surface area contributed by atoms with Gasteiger partial charge in [-0.05, 0) is 38.1 Å². The van der Waals surface area contributed by atoms with Crippen LogP contribution in [0.2, 0.25) is 0 Å². The maximum atomic E-state index is 6.33. The highest BCUT2D eigenvalue weighted by atomic mass is 35.5. The molecule has 2 saturated carbocycles. The molecule has 2 aliphatic rings. The van der Waals surface area contributed by atoms with E-state index in [1.807, 2.05) is 0 Å². The molecule has 0 aromatic rings. The van der Waals surface area contributed by atoms with E-state index in [1.54, 1.807) is 0 Å². The van der Waals surface area contributed by atoms with E-state index in [-0.39, 0.29) is 0 Å². The van der Waals surface area contributed by atoms with E-state index in [0.29, 0.717) is 5.38 Å². The summed E-state index contributed by atoms with van der Waals surface area (Å²) in [6.45, 7) is 1.17. The number of hydrogen-bond donors (Lipinski definition) is 1. The highest BCUT2D eigenvalue weighted by Crippen LogP contribution is 2.28. The Hall–Kier alpha value is 0.250. The molecule has 2 heteroatoms. The first-order valence-corrected chi connectivity index (χ1v) is 6.67. The fourth-order valence-electron chi connectivity index (χ4n) is 2.84. The van der Waals surface area contributed by atoms with Crippen LogP contribution in [-0.2, 0) is 0 Å². The topological polar surface area (TPSA) is 12.0 Å². The molecule has 0 radical (unpaired) electrons. The van der Waals surface area contributed by atoms with Gasteiger partial charge in [0.1, 0.15) is 0 Å². The van der Waals surface area contributed by atoms with E-state index in [9.17, 15) is 0 Å². The first-order chi connectivity index (χ1) is 6.86. The molecule has 14 heavy (non-hydrogen) atoms. The Labute approximate surface area is 92.6 Å². The molecule has 2 fully saturated rings. The lowest BCUT2D eigenvalue weighted by molar-refractivity contribution is 0.333. The van der Waals surface area contributed by atoms with Crippen LogP contribution in [0.5, 0.6) is 0 Å². The van der Waals surface area contributed by atoms with Crippen molar-refractivity contribution in [1.29, 1.82) is 0 Å². The maximum absolute atomic E-state index is 6.33. The number of halogens is 1. The summed E-state index contributed by atoms with van der Waals surface area (Å²) in [6.07, 6.45) is 10.9. The zero-order valence-corrected chi connectivity index (χ0v) is 9.73. The van der Waals surface area contributed by atoms with Crippen LogP contribution in [0, 0.1) is 5.92 Å². The van der Waals surface area contributed by atoms with Crippen molar-refractivity contribution in [2.24, 2.45) is 5.92 Å². The molecule has 0 spiro atoms. The van der Waals surface area contributed by atoms with E-state index in [4.69, 9.17) is 11.6 Å². The van der Waals surface area contributed by atoms with Crippen molar-refractivity contribution in [2.45, 2.75) is 62.8 Å². The minimum absolute atomic E-state index is 0.442. The average molecular weight is 216 g/mol. The number of alkyl halides is 1. The van der Waals surface area contributed by atoms with Crippen LogP contribution in [0.3, 0.4) is 0 Å². The fraction of sp³-hybridized carbons (Fsp3) is 1.00. The van der Waals surface area contributed by atoms with Crippen molar-refractivity contribution in [3.63, 3.8) is 0 Å². The molecule has 1 nitrogen and oxygen atoms in total. The predicted octanol–water partition coefficient (Wildman–Crippen LogP) is 3.32. The van der Waals surface area contributed by atoms with Crippen LogP contribution in [0.4, 0.5) is 0 Å². The number of nitrogens with one attached hydrogen (secondary N) is 1. The van der Waals surface area contributed by atoms with Crippen LogP contribution in [0.25, 0.3) is 0 Å². The fourth-order valence-corrected chi connectivity index (χ4v) is 3.21. The van der Waals surface area contributed by atoms with Gasteiger partial charge in [-0.3, -0.25) is 0 Å². The summed E-state index contributed by atoms with van der Waals surface area (Å²) in [5.74, 6) is 0.742. The second kappa shape index (κ2) is 5.37. The average Bonchev–Trinajstić information content (AvgIpc) is 2.69. The molecule has 2 rings (SSSR count). The van der Waals surface area contributed by atoms with Crippen molar-refractivity contribution < 1.29 is 0 Å². The van der Waals surface area contributed by atoms with Gasteiger partial charge >= 0.3 is 0 Å². The molecule has 0 bridgehead atoms. The first kappa shape index (κ1) is 10.8. The minimum atomic E-state index is 0.442. The van der Waals surface area contributed by atoms with Crippen molar-refractivity contribution in [3.05, 3.63) is 0 Å². The lowest BCUT2D eigenvalue weighted by Crippen LogP contribution is -2.36. The summed E-state index contributed by atoms with van der Waals surface area (Å²) in [4.78, 5) is 0. The van der Waals surface area contributed by atoms with Crippen LogP contribution in [0.1, 0.15) is 51.4 Å². The summed E-state index contributed by atoms with van der Waals surface area (Å²) in [6, 6.07) is 0.806. The third kappa shape index (κ3) is 2.87. The Morgan fingerprint density at radius 3 is 2.29 bits per heavy atom. The van der Waals surface area contributed by atoms with Gasteiger partial charge in [-0.25, -0.2) is 0 Å². The zero-order chi connectivity index (χ0) is 9.80. The Kier molecular flexibility index (Phi) is 4.12. The minimum Gasteiger partial charge on any atom is -0.314 e. The summed E-state index contributed by atoms with van der Waals surface area (Å²) in [7, 11) is 0. The number of rotatable bonds is 3. The van der Waals surface area contributed by atoms with Crippen LogP contribution < -0.4 is 5.32 Å². The molecule has 2 unspecified atom stereocenters. The van der Waals surface area contributed by atoms with E-state index in [2.05, 4.69) is 5.32 Å². The lowest BCUT2D eigenvalue weighted by atomic mass is 9.88. The van der Waals surface area contributed by atoms with Crippen LogP contribution in [-0.4, -0.2) is 18.0 Å². The van der Waals surface area contributed by atoms with Gasteiger partial charge in [-0.2, -0.15) is 0 Å². The number of hydrogen-bond acceptors (Lipinski definition) is 1. The molecule has 1 N–H and O–H groups in total. The van der Waals surface area contributed by atoms with Gasteiger partial charge in [-0.15, -0.1) is 11.6 Å². The van der Waals surface area contributed by atoms with Crippen molar-refractivity contribution in [3.8, 4) is 0 Å². The van der Waals surface area contributed by atoms with Crippen molar-refractivity contribution in [2.75, 3.05) is 6.54 Å². The van der Waals surface area contributed by atoms with Gasteiger partial charge in [0.2, 0.25) is 0 Å². The van der Waals surface area contributed by atoms with Crippen molar-refractivity contribution >= 4 is 11.6 Å². The Bertz CT molecular complexity index is 166. The zero-order valence-electron chi connectivity index (χ0n) is 8.97. The largest absolute Gasteiger partial charge is 0.314 e. The second-order valence-corrected chi connectivity index (χ2v) is 5.51.